The Hall–Kier alpha value is -3.30. The van der Waals surface area contributed by atoms with Gasteiger partial charge >= 0.3 is 0 Å². The normalized spacial score (nSPS) is 17.1. The summed E-state index contributed by atoms with van der Waals surface area (Å²) in [6, 6.07) is 10.2. The molecule has 0 radical (unpaired) electrons. The second-order valence-corrected chi connectivity index (χ2v) is 8.33. The molecule has 1 aliphatic heterocycles. The van der Waals surface area contributed by atoms with Gasteiger partial charge in [-0.1, -0.05) is 12.1 Å². The highest BCUT2D eigenvalue weighted by Crippen LogP contribution is 2.45. The van der Waals surface area contributed by atoms with Crippen LogP contribution in [-0.2, 0) is 14.3 Å². The smallest absolute Gasteiger partial charge is 0.254 e. The second-order valence-electron chi connectivity index (χ2n) is 8.33. The van der Waals surface area contributed by atoms with E-state index in [1.54, 1.807) is 31.2 Å². The van der Waals surface area contributed by atoms with Crippen molar-refractivity contribution in [3.63, 3.8) is 0 Å². The predicted octanol–water partition coefficient (Wildman–Crippen LogP) is 3.53. The Kier molecular flexibility index (Phi) is 9.55. The maximum Gasteiger partial charge on any atom is 0.254 e. The van der Waals surface area contributed by atoms with Crippen LogP contribution in [0, 0.1) is 0 Å². The van der Waals surface area contributed by atoms with Crippen molar-refractivity contribution >= 4 is 11.8 Å². The number of ether oxygens (including phenoxy) is 5. The number of amides is 2. The number of rotatable bonds is 12. The molecule has 9 nitrogen and oxygen atoms in total. The fraction of sp³-hybridized carbons (Fsp3) is 0.481. The third kappa shape index (κ3) is 5.74. The minimum atomic E-state index is -0.687. The van der Waals surface area contributed by atoms with Crippen molar-refractivity contribution in [3.05, 3.63) is 53.1 Å². The van der Waals surface area contributed by atoms with Crippen LogP contribution >= 0.6 is 0 Å². The minimum absolute atomic E-state index is 0.205. The topological polar surface area (TPSA) is 95.6 Å². The first-order chi connectivity index (χ1) is 17.4. The number of nitrogens with one attached hydrogen (secondary N) is 1. The maximum atomic E-state index is 13.7. The van der Waals surface area contributed by atoms with Crippen LogP contribution in [0.3, 0.4) is 0 Å². The lowest BCUT2D eigenvalue weighted by Crippen LogP contribution is -2.46. The highest BCUT2D eigenvalue weighted by molar-refractivity contribution is 6.02. The number of methoxy groups -OCH3 is 3. The molecule has 1 aliphatic rings. The average molecular weight is 501 g/mol. The molecule has 9 heteroatoms. The van der Waals surface area contributed by atoms with Crippen LogP contribution < -0.4 is 19.5 Å². The molecule has 1 heterocycles. The highest BCUT2D eigenvalue weighted by Gasteiger charge is 2.43. The van der Waals surface area contributed by atoms with Gasteiger partial charge in [0.1, 0.15) is 5.75 Å². The zero-order valence-corrected chi connectivity index (χ0v) is 21.8. The second kappa shape index (κ2) is 12.6. The number of carbonyl (C=O) groups is 2. The van der Waals surface area contributed by atoms with Crippen molar-refractivity contribution in [2.75, 3.05) is 48.1 Å². The summed E-state index contributed by atoms with van der Waals surface area (Å²) in [7, 11) is 6.34. The Balaban J connectivity index is 2.01. The number of carbonyl (C=O) groups excluding carboxylic acids is 2. The minimum Gasteiger partial charge on any atom is -0.497 e. The number of benzene rings is 2. The first-order valence-electron chi connectivity index (χ1n) is 12.1. The van der Waals surface area contributed by atoms with E-state index in [2.05, 4.69) is 5.32 Å². The van der Waals surface area contributed by atoms with Gasteiger partial charge in [-0.3, -0.25) is 9.59 Å². The molecule has 1 N–H and O–H groups in total. The van der Waals surface area contributed by atoms with E-state index < -0.39 is 18.2 Å². The molecule has 0 saturated heterocycles. The summed E-state index contributed by atoms with van der Waals surface area (Å²) >= 11 is 0. The van der Waals surface area contributed by atoms with Gasteiger partial charge in [0.2, 0.25) is 5.91 Å². The predicted molar refractivity (Wildman–Crippen MR) is 135 cm³/mol. The van der Waals surface area contributed by atoms with Gasteiger partial charge in [-0.15, -0.1) is 0 Å². The molecular weight excluding hydrogens is 464 g/mol. The van der Waals surface area contributed by atoms with Gasteiger partial charge in [0, 0.05) is 38.8 Å². The van der Waals surface area contributed by atoms with Crippen molar-refractivity contribution in [3.8, 4) is 17.2 Å². The number of hydrogen-bond donors (Lipinski definition) is 1. The highest BCUT2D eigenvalue weighted by atomic mass is 16.7. The number of hydrogen-bond acceptors (Lipinski definition) is 7. The van der Waals surface area contributed by atoms with Crippen LogP contribution in [0.15, 0.2) is 36.4 Å². The summed E-state index contributed by atoms with van der Waals surface area (Å²) in [5.41, 5.74) is 1.80. The fourth-order valence-corrected chi connectivity index (χ4v) is 4.56. The molecular formula is C27H36N2O7. The summed E-state index contributed by atoms with van der Waals surface area (Å²) in [5, 5.41) is 3.03. The van der Waals surface area contributed by atoms with Gasteiger partial charge in [0.25, 0.3) is 5.91 Å². The summed E-state index contributed by atoms with van der Waals surface area (Å²) in [6.45, 7) is 5.19. The number of likely N-dealkylation sites (N-methyl/N-ethyl adjacent to an activating group) is 1. The molecule has 196 valence electrons. The standard InChI is InChI=1S/C27H36N2O7/c1-7-35-23(36-8-2)13-14-28-26(30)24-19-15-21(33-5)22(34-6)16-20(19)27(31)29(3)25(24)17-9-11-18(32-4)12-10-17/h9-12,15-16,23-25H,7-8,13-14H2,1-6H3,(H,28,30)/t24-,25+/m0/s1. The van der Waals surface area contributed by atoms with E-state index in [9.17, 15) is 9.59 Å². The molecule has 3 rings (SSSR count). The summed E-state index contributed by atoms with van der Waals surface area (Å²) < 4.78 is 27.4. The fourth-order valence-electron chi connectivity index (χ4n) is 4.56. The molecule has 2 atom stereocenters. The third-order valence-corrected chi connectivity index (χ3v) is 6.30. The van der Waals surface area contributed by atoms with E-state index in [0.29, 0.717) is 54.6 Å². The summed E-state index contributed by atoms with van der Waals surface area (Å²) in [4.78, 5) is 28.8. The van der Waals surface area contributed by atoms with E-state index in [1.807, 2.05) is 38.1 Å². The molecule has 36 heavy (non-hydrogen) atoms. The molecule has 0 spiro atoms. The lowest BCUT2D eigenvalue weighted by atomic mass is 9.79. The van der Waals surface area contributed by atoms with Gasteiger partial charge in [-0.2, -0.15) is 0 Å². The quantitative estimate of drug-likeness (QED) is 0.446. The van der Waals surface area contributed by atoms with E-state index >= 15 is 0 Å². The molecule has 2 aromatic carbocycles. The van der Waals surface area contributed by atoms with Gasteiger partial charge < -0.3 is 33.9 Å². The van der Waals surface area contributed by atoms with Crippen LogP contribution in [0.25, 0.3) is 0 Å². The van der Waals surface area contributed by atoms with Gasteiger partial charge in [-0.05, 0) is 49.2 Å². The van der Waals surface area contributed by atoms with E-state index in [-0.39, 0.29) is 11.8 Å². The van der Waals surface area contributed by atoms with E-state index in [4.69, 9.17) is 23.7 Å². The van der Waals surface area contributed by atoms with Crippen molar-refractivity contribution in [2.45, 2.75) is 38.5 Å². The number of nitrogens with zero attached hydrogens (tertiary/aromatic N) is 1. The Bertz CT molecular complexity index is 1040. The zero-order valence-electron chi connectivity index (χ0n) is 21.8. The van der Waals surface area contributed by atoms with Crippen LogP contribution in [-0.4, -0.2) is 71.1 Å². The molecule has 2 aromatic rings. The van der Waals surface area contributed by atoms with E-state index in [1.165, 1.54) is 14.2 Å². The average Bonchev–Trinajstić information content (AvgIpc) is 2.90. The van der Waals surface area contributed by atoms with Crippen LogP contribution in [0.4, 0.5) is 0 Å². The molecule has 0 bridgehead atoms. The monoisotopic (exact) mass is 500 g/mol. The lowest BCUT2D eigenvalue weighted by Gasteiger charge is -2.40. The zero-order chi connectivity index (χ0) is 26.2. The number of fused-ring (bicyclic) bond motifs is 1. The molecule has 0 unspecified atom stereocenters. The van der Waals surface area contributed by atoms with Crippen LogP contribution in [0.5, 0.6) is 17.2 Å². The van der Waals surface area contributed by atoms with Gasteiger partial charge in [-0.25, -0.2) is 0 Å². The maximum absolute atomic E-state index is 13.7. The Morgan fingerprint density at radius 2 is 1.58 bits per heavy atom. The molecule has 2 amide bonds. The van der Waals surface area contributed by atoms with Crippen molar-refractivity contribution in [2.24, 2.45) is 0 Å². The molecule has 0 fully saturated rings. The molecule has 0 aromatic heterocycles. The molecule has 0 saturated carbocycles. The third-order valence-electron chi connectivity index (χ3n) is 6.30. The van der Waals surface area contributed by atoms with Crippen molar-refractivity contribution < 1.29 is 33.3 Å². The first-order valence-corrected chi connectivity index (χ1v) is 12.1. The Morgan fingerprint density at radius 3 is 2.14 bits per heavy atom. The largest absolute Gasteiger partial charge is 0.497 e. The van der Waals surface area contributed by atoms with Crippen LogP contribution in [0.2, 0.25) is 0 Å². The summed E-state index contributed by atoms with van der Waals surface area (Å²) in [6.07, 6.45) is 0.103. The first kappa shape index (κ1) is 27.3. The molecule has 0 aliphatic carbocycles. The van der Waals surface area contributed by atoms with Crippen molar-refractivity contribution in [1.29, 1.82) is 0 Å². The lowest BCUT2D eigenvalue weighted by molar-refractivity contribution is -0.140. The Morgan fingerprint density at radius 1 is 0.972 bits per heavy atom. The van der Waals surface area contributed by atoms with E-state index in [0.717, 1.165) is 5.56 Å². The Labute approximate surface area is 212 Å². The van der Waals surface area contributed by atoms with Gasteiger partial charge in [0.15, 0.2) is 17.8 Å². The van der Waals surface area contributed by atoms with Crippen molar-refractivity contribution in [1.82, 2.24) is 10.2 Å². The van der Waals surface area contributed by atoms with Gasteiger partial charge in [0.05, 0.1) is 33.3 Å². The summed E-state index contributed by atoms with van der Waals surface area (Å²) in [5.74, 6) is 0.464. The SMILES string of the molecule is CCOC(CCNC(=O)[C@H]1c2cc(OC)c(OC)cc2C(=O)N(C)[C@@H]1c1ccc(OC)cc1)OCC. The van der Waals surface area contributed by atoms with Crippen LogP contribution in [0.1, 0.15) is 53.7 Å².